The quantitative estimate of drug-likeness (QED) is 0.399. The van der Waals surface area contributed by atoms with E-state index in [-0.39, 0.29) is 5.41 Å². The molecule has 5 rings (SSSR count). The van der Waals surface area contributed by atoms with E-state index in [9.17, 15) is 13.6 Å². The second kappa shape index (κ2) is 10.4. The van der Waals surface area contributed by atoms with Gasteiger partial charge in [0.1, 0.15) is 11.6 Å². The highest BCUT2D eigenvalue weighted by Crippen LogP contribution is 2.45. The van der Waals surface area contributed by atoms with Crippen molar-refractivity contribution in [3.05, 3.63) is 81.6 Å². The lowest BCUT2D eigenvalue weighted by Crippen LogP contribution is -2.47. The first-order valence-corrected chi connectivity index (χ1v) is 13.7. The van der Waals surface area contributed by atoms with Crippen LogP contribution in [0.15, 0.2) is 59.5 Å². The van der Waals surface area contributed by atoms with Gasteiger partial charge < -0.3 is 10.6 Å². The highest BCUT2D eigenvalue weighted by molar-refractivity contribution is 7.11. The highest BCUT2D eigenvalue weighted by Gasteiger charge is 2.30. The van der Waals surface area contributed by atoms with Crippen molar-refractivity contribution in [3.8, 4) is 11.1 Å². The Morgan fingerprint density at radius 1 is 1.03 bits per heavy atom. The zero-order chi connectivity index (χ0) is 26.2. The van der Waals surface area contributed by atoms with Crippen molar-refractivity contribution in [2.75, 3.05) is 37.6 Å². The highest BCUT2D eigenvalue weighted by atomic mass is 32.1. The second-order valence-corrected chi connectivity index (χ2v) is 11.8. The normalized spacial score (nSPS) is 18.3. The van der Waals surface area contributed by atoms with Gasteiger partial charge in [-0.05, 0) is 83.7 Å². The van der Waals surface area contributed by atoms with Crippen molar-refractivity contribution in [1.29, 1.82) is 0 Å². The number of hydrogen-bond donors (Lipinski definition) is 1. The van der Waals surface area contributed by atoms with Crippen molar-refractivity contribution in [1.82, 2.24) is 4.90 Å². The summed E-state index contributed by atoms with van der Waals surface area (Å²) in [4.78, 5) is 17.4. The van der Waals surface area contributed by atoms with Crippen molar-refractivity contribution in [3.63, 3.8) is 0 Å². The van der Waals surface area contributed by atoms with E-state index in [0.717, 1.165) is 69.3 Å². The van der Waals surface area contributed by atoms with Gasteiger partial charge in [-0.3, -0.25) is 9.69 Å². The maximum absolute atomic E-state index is 14.4. The van der Waals surface area contributed by atoms with Gasteiger partial charge in [0, 0.05) is 60.5 Å². The van der Waals surface area contributed by atoms with Crippen LogP contribution in [-0.2, 0) is 0 Å². The second-order valence-electron chi connectivity index (χ2n) is 10.9. The molecule has 1 aromatic heterocycles. The topological polar surface area (TPSA) is 49.6 Å². The predicted molar refractivity (Wildman–Crippen MR) is 148 cm³/mol. The molecule has 1 aliphatic carbocycles. The number of thiophene rings is 1. The number of nitrogens with two attached hydrogens (primary N) is 1. The summed E-state index contributed by atoms with van der Waals surface area (Å²) in [7, 11) is 0. The van der Waals surface area contributed by atoms with E-state index < -0.39 is 17.5 Å². The van der Waals surface area contributed by atoms with Crippen LogP contribution in [0, 0.1) is 17.0 Å². The van der Waals surface area contributed by atoms with E-state index >= 15 is 0 Å². The van der Waals surface area contributed by atoms with Gasteiger partial charge in [-0.25, -0.2) is 8.78 Å². The number of rotatable bonds is 6. The molecule has 2 aliphatic rings. The molecule has 2 heterocycles. The molecule has 0 bridgehead atoms. The molecule has 4 nitrogen and oxygen atoms in total. The third kappa shape index (κ3) is 5.78. The van der Waals surface area contributed by atoms with Gasteiger partial charge in [0.2, 0.25) is 5.91 Å². The SMILES string of the molecule is CC1(C)CCC(CN2CCN(c3ccc(C(N)=O)cc3)CC2)=C(c2cc(-c3ccc(F)cc3F)cs2)C1. The molecule has 2 aromatic carbocycles. The van der Waals surface area contributed by atoms with Gasteiger partial charge in [0.05, 0.1) is 0 Å². The van der Waals surface area contributed by atoms with Crippen molar-refractivity contribution in [2.45, 2.75) is 33.1 Å². The van der Waals surface area contributed by atoms with Gasteiger partial charge >= 0.3 is 0 Å². The third-order valence-corrected chi connectivity index (χ3v) is 8.62. The zero-order valence-electron chi connectivity index (χ0n) is 21.4. The van der Waals surface area contributed by atoms with Crippen LogP contribution < -0.4 is 10.6 Å². The van der Waals surface area contributed by atoms with Crippen LogP contribution in [0.3, 0.4) is 0 Å². The molecule has 7 heteroatoms. The minimum absolute atomic E-state index is 0.222. The summed E-state index contributed by atoms with van der Waals surface area (Å²) in [6.45, 7) is 9.37. The average Bonchev–Trinajstić information content (AvgIpc) is 3.35. The molecule has 1 saturated heterocycles. The van der Waals surface area contributed by atoms with Crippen molar-refractivity contribution >= 4 is 28.5 Å². The Morgan fingerprint density at radius 3 is 2.43 bits per heavy atom. The number of amides is 1. The van der Waals surface area contributed by atoms with Gasteiger partial charge in [-0.2, -0.15) is 0 Å². The van der Waals surface area contributed by atoms with Crippen molar-refractivity contribution < 1.29 is 13.6 Å². The van der Waals surface area contributed by atoms with E-state index in [1.807, 2.05) is 17.5 Å². The summed E-state index contributed by atoms with van der Waals surface area (Å²) in [5, 5.41) is 1.99. The molecule has 1 fully saturated rings. The molecule has 194 valence electrons. The Bertz CT molecular complexity index is 1320. The molecular weight excluding hydrogens is 488 g/mol. The Labute approximate surface area is 221 Å². The fourth-order valence-corrected chi connectivity index (χ4v) is 6.40. The molecule has 37 heavy (non-hydrogen) atoms. The Kier molecular flexibility index (Phi) is 7.19. The molecule has 3 aromatic rings. The molecular formula is C30H33F2N3OS. The van der Waals surface area contributed by atoms with E-state index in [1.165, 1.54) is 28.2 Å². The van der Waals surface area contributed by atoms with E-state index in [1.54, 1.807) is 23.5 Å². The number of anilines is 1. The predicted octanol–water partition coefficient (Wildman–Crippen LogP) is 6.58. The number of nitrogens with zero attached hydrogens (tertiary/aromatic N) is 2. The number of primary amides is 1. The first-order valence-electron chi connectivity index (χ1n) is 12.8. The van der Waals surface area contributed by atoms with E-state index in [2.05, 4.69) is 29.7 Å². The number of benzene rings is 2. The Hall–Kier alpha value is -3.03. The first-order chi connectivity index (χ1) is 17.7. The summed E-state index contributed by atoms with van der Waals surface area (Å²) in [5.74, 6) is -1.49. The lowest BCUT2D eigenvalue weighted by molar-refractivity contribution is 0.100. The van der Waals surface area contributed by atoms with Crippen LogP contribution in [0.1, 0.15) is 48.3 Å². The number of allylic oxidation sites excluding steroid dienone is 1. The molecule has 1 amide bonds. The lowest BCUT2D eigenvalue weighted by atomic mass is 9.73. The average molecular weight is 522 g/mol. The molecule has 0 atom stereocenters. The van der Waals surface area contributed by atoms with Gasteiger partial charge in [0.15, 0.2) is 0 Å². The van der Waals surface area contributed by atoms with E-state index in [0.29, 0.717) is 11.1 Å². The first kappa shape index (κ1) is 25.6. The summed E-state index contributed by atoms with van der Waals surface area (Å²) in [6.07, 6.45) is 3.22. The van der Waals surface area contributed by atoms with Gasteiger partial charge in [-0.15, -0.1) is 11.3 Å². The van der Waals surface area contributed by atoms with Crippen LogP contribution in [0.2, 0.25) is 0 Å². The summed E-state index contributed by atoms with van der Waals surface area (Å²) >= 11 is 1.65. The molecule has 0 radical (unpaired) electrons. The fourth-order valence-electron chi connectivity index (χ4n) is 5.40. The maximum atomic E-state index is 14.4. The van der Waals surface area contributed by atoms with Crippen molar-refractivity contribution in [2.24, 2.45) is 11.1 Å². The lowest BCUT2D eigenvalue weighted by Gasteiger charge is -2.39. The number of piperazine rings is 1. The molecule has 1 aliphatic heterocycles. The molecule has 0 unspecified atom stereocenters. The summed E-state index contributed by atoms with van der Waals surface area (Å²) in [6, 6.07) is 13.4. The standard InChI is InChI=1S/C30H33F2N3OS/c1-30(2)10-9-21(18-34-11-13-35(14-12-34)24-6-3-20(4-7-24)29(33)36)26(17-30)28-15-22(19-37-28)25-8-5-23(31)16-27(25)32/h3-8,15-16,19H,9-14,17-18H2,1-2H3,(H2,33,36). The largest absolute Gasteiger partial charge is 0.369 e. The van der Waals surface area contributed by atoms with Gasteiger partial charge in [0.25, 0.3) is 0 Å². The maximum Gasteiger partial charge on any atom is 0.248 e. The smallest absolute Gasteiger partial charge is 0.248 e. The molecule has 2 N–H and O–H groups in total. The van der Waals surface area contributed by atoms with Crippen LogP contribution in [0.5, 0.6) is 0 Å². The number of carbonyl (C=O) groups is 1. The number of hydrogen-bond acceptors (Lipinski definition) is 4. The minimum atomic E-state index is -0.557. The summed E-state index contributed by atoms with van der Waals surface area (Å²) in [5.41, 5.74) is 11.4. The van der Waals surface area contributed by atoms with Crippen LogP contribution in [-0.4, -0.2) is 43.5 Å². The van der Waals surface area contributed by atoms with Crippen LogP contribution in [0.4, 0.5) is 14.5 Å². The Balaban J connectivity index is 1.32. The van der Waals surface area contributed by atoms with Crippen LogP contribution >= 0.6 is 11.3 Å². The van der Waals surface area contributed by atoms with Crippen LogP contribution in [0.25, 0.3) is 16.7 Å². The Morgan fingerprint density at radius 2 is 1.76 bits per heavy atom. The molecule has 0 spiro atoms. The fraction of sp³-hybridized carbons (Fsp3) is 0.367. The zero-order valence-corrected chi connectivity index (χ0v) is 22.2. The summed E-state index contributed by atoms with van der Waals surface area (Å²) < 4.78 is 27.8. The minimum Gasteiger partial charge on any atom is -0.369 e. The third-order valence-electron chi connectivity index (χ3n) is 7.63. The monoisotopic (exact) mass is 521 g/mol. The van der Waals surface area contributed by atoms with E-state index in [4.69, 9.17) is 5.73 Å². The van der Waals surface area contributed by atoms with Gasteiger partial charge in [-0.1, -0.05) is 19.4 Å². The number of carbonyl (C=O) groups excluding carboxylic acids is 1. The molecule has 0 saturated carbocycles. The number of halogens is 2.